The zero-order valence-electron chi connectivity index (χ0n) is 11.2. The van der Waals surface area contributed by atoms with Crippen LogP contribution in [0.1, 0.15) is 26.5 Å². The molecule has 0 unspecified atom stereocenters. The number of carbonyl (C=O) groups is 1. The van der Waals surface area contributed by atoms with E-state index in [-0.39, 0.29) is 11.2 Å². The first-order chi connectivity index (χ1) is 8.32. The zero-order chi connectivity index (χ0) is 13.5. The molecule has 0 aliphatic rings. The summed E-state index contributed by atoms with van der Waals surface area (Å²) in [5.41, 5.74) is 1.91. The van der Waals surface area contributed by atoms with E-state index in [1.807, 2.05) is 39.8 Å². The summed E-state index contributed by atoms with van der Waals surface area (Å²) in [7, 11) is 0. The van der Waals surface area contributed by atoms with E-state index in [0.29, 0.717) is 6.54 Å². The summed E-state index contributed by atoms with van der Waals surface area (Å²) in [6, 6.07) is 8.16. The van der Waals surface area contributed by atoms with Crippen molar-refractivity contribution in [2.24, 2.45) is 5.41 Å². The molecule has 1 aromatic heterocycles. The monoisotopic (exact) mass is 307 g/mol. The maximum Gasteiger partial charge on any atom is 0.157 e. The molecule has 0 spiro atoms. The third-order valence-corrected chi connectivity index (χ3v) is 4.29. The second-order valence-corrected chi connectivity index (χ2v) is 6.47. The average Bonchev–Trinajstić information content (AvgIpc) is 2.54. The van der Waals surface area contributed by atoms with Gasteiger partial charge in [0.2, 0.25) is 0 Å². The molecule has 18 heavy (non-hydrogen) atoms. The van der Waals surface area contributed by atoms with Gasteiger partial charge in [-0.15, -0.1) is 0 Å². The lowest BCUT2D eigenvalue weighted by Crippen LogP contribution is -2.25. The first kappa shape index (κ1) is 13.3. The summed E-state index contributed by atoms with van der Waals surface area (Å²) in [6.07, 6.45) is 0. The molecule has 0 aliphatic carbocycles. The van der Waals surface area contributed by atoms with Crippen LogP contribution in [0, 0.1) is 12.3 Å². The third kappa shape index (κ3) is 2.24. The van der Waals surface area contributed by atoms with E-state index in [1.54, 1.807) is 0 Å². The molecular formula is C15H18BrNO. The second-order valence-electron chi connectivity index (χ2n) is 5.68. The van der Waals surface area contributed by atoms with Crippen molar-refractivity contribution in [1.29, 1.82) is 0 Å². The quantitative estimate of drug-likeness (QED) is 0.809. The van der Waals surface area contributed by atoms with Gasteiger partial charge in [0.1, 0.15) is 0 Å². The van der Waals surface area contributed by atoms with Crippen LogP contribution in [0.3, 0.4) is 0 Å². The molecule has 0 fully saturated rings. The number of hydrogen-bond acceptors (Lipinski definition) is 1. The van der Waals surface area contributed by atoms with Crippen molar-refractivity contribution in [3.8, 4) is 0 Å². The largest absolute Gasteiger partial charge is 0.336 e. The van der Waals surface area contributed by atoms with Gasteiger partial charge in [0, 0.05) is 26.5 Å². The Balaban J connectivity index is 2.52. The number of rotatable bonds is 2. The van der Waals surface area contributed by atoms with Crippen LogP contribution >= 0.6 is 15.9 Å². The van der Waals surface area contributed by atoms with Gasteiger partial charge >= 0.3 is 0 Å². The molecule has 2 aromatic rings. The molecule has 0 aliphatic heterocycles. The van der Waals surface area contributed by atoms with Gasteiger partial charge in [-0.25, -0.2) is 0 Å². The van der Waals surface area contributed by atoms with E-state index in [0.717, 1.165) is 21.1 Å². The van der Waals surface area contributed by atoms with E-state index in [9.17, 15) is 4.79 Å². The van der Waals surface area contributed by atoms with Crippen LogP contribution in [-0.2, 0) is 11.3 Å². The Hall–Kier alpha value is -1.09. The summed E-state index contributed by atoms with van der Waals surface area (Å²) >= 11 is 3.61. The Kier molecular flexibility index (Phi) is 3.37. The Morgan fingerprint density at radius 2 is 1.89 bits per heavy atom. The second kappa shape index (κ2) is 4.54. The smallest absolute Gasteiger partial charge is 0.157 e. The summed E-state index contributed by atoms with van der Waals surface area (Å²) in [6.45, 7) is 8.36. The molecule has 2 nitrogen and oxygen atoms in total. The van der Waals surface area contributed by atoms with Crippen LogP contribution in [0.15, 0.2) is 28.7 Å². The molecule has 0 saturated heterocycles. The minimum atomic E-state index is -0.301. The van der Waals surface area contributed by atoms with Crippen LogP contribution in [0.5, 0.6) is 0 Å². The summed E-state index contributed by atoms with van der Waals surface area (Å²) in [4.78, 5) is 12.2. The Labute approximate surface area is 116 Å². The topological polar surface area (TPSA) is 22.0 Å². The van der Waals surface area contributed by atoms with Gasteiger partial charge in [-0.1, -0.05) is 39.0 Å². The third-order valence-electron chi connectivity index (χ3n) is 3.29. The highest BCUT2D eigenvalue weighted by Gasteiger charge is 2.23. The fourth-order valence-corrected chi connectivity index (χ4v) is 2.52. The number of halogens is 1. The van der Waals surface area contributed by atoms with Crippen molar-refractivity contribution in [3.63, 3.8) is 0 Å². The fraction of sp³-hybridized carbons (Fsp3) is 0.400. The van der Waals surface area contributed by atoms with E-state index in [4.69, 9.17) is 0 Å². The molecule has 0 N–H and O–H groups in total. The number of ketones is 1. The van der Waals surface area contributed by atoms with Crippen LogP contribution in [0.25, 0.3) is 10.9 Å². The zero-order valence-corrected chi connectivity index (χ0v) is 12.8. The maximum absolute atomic E-state index is 12.2. The molecule has 1 aromatic carbocycles. The standard InChI is InChI=1S/C15H18BrNO/c1-10-14(16)11-7-5-6-8-12(11)17(10)9-13(18)15(2,3)4/h5-8H,9H2,1-4H3. The predicted octanol–water partition coefficient (Wildman–Crippen LogP) is 4.33. The highest BCUT2D eigenvalue weighted by molar-refractivity contribution is 9.10. The number of hydrogen-bond donors (Lipinski definition) is 0. The van der Waals surface area contributed by atoms with Crippen molar-refractivity contribution in [2.45, 2.75) is 34.2 Å². The lowest BCUT2D eigenvalue weighted by molar-refractivity contribution is -0.126. The maximum atomic E-state index is 12.2. The lowest BCUT2D eigenvalue weighted by atomic mass is 9.91. The normalized spacial score (nSPS) is 12.1. The van der Waals surface area contributed by atoms with Crippen LogP contribution in [0.2, 0.25) is 0 Å². The van der Waals surface area contributed by atoms with Gasteiger partial charge in [-0.3, -0.25) is 4.79 Å². The van der Waals surface area contributed by atoms with Crippen molar-refractivity contribution < 1.29 is 4.79 Å². The van der Waals surface area contributed by atoms with Gasteiger partial charge in [0.15, 0.2) is 5.78 Å². The van der Waals surface area contributed by atoms with Gasteiger partial charge < -0.3 is 4.57 Å². The van der Waals surface area contributed by atoms with Crippen LogP contribution < -0.4 is 0 Å². The molecule has 0 amide bonds. The molecule has 0 saturated carbocycles. The van der Waals surface area contributed by atoms with Crippen LogP contribution in [0.4, 0.5) is 0 Å². The first-order valence-electron chi connectivity index (χ1n) is 6.09. The first-order valence-corrected chi connectivity index (χ1v) is 6.88. The Morgan fingerprint density at radius 1 is 1.28 bits per heavy atom. The highest BCUT2D eigenvalue weighted by Crippen LogP contribution is 2.31. The summed E-state index contributed by atoms with van der Waals surface area (Å²) < 4.78 is 3.17. The minimum absolute atomic E-state index is 0.249. The summed E-state index contributed by atoms with van der Waals surface area (Å²) in [5.74, 6) is 0.249. The number of nitrogens with zero attached hydrogens (tertiary/aromatic N) is 1. The van der Waals surface area contributed by atoms with Crippen LogP contribution in [-0.4, -0.2) is 10.4 Å². The van der Waals surface area contributed by atoms with Crippen molar-refractivity contribution in [1.82, 2.24) is 4.57 Å². The van der Waals surface area contributed by atoms with Crippen molar-refractivity contribution in [3.05, 3.63) is 34.4 Å². The van der Waals surface area contributed by atoms with Gasteiger partial charge in [-0.2, -0.15) is 0 Å². The molecule has 1 heterocycles. The number of aromatic nitrogens is 1. The number of carbonyl (C=O) groups excluding carboxylic acids is 1. The number of benzene rings is 1. The van der Waals surface area contributed by atoms with E-state index < -0.39 is 0 Å². The molecule has 96 valence electrons. The van der Waals surface area contributed by atoms with E-state index >= 15 is 0 Å². The fourth-order valence-electron chi connectivity index (χ4n) is 1.97. The number of Topliss-reactive ketones (excluding diaryl/α,β-unsaturated/α-hetero) is 1. The van der Waals surface area contributed by atoms with Gasteiger partial charge in [-0.05, 0) is 28.9 Å². The Bertz CT molecular complexity index is 605. The Morgan fingerprint density at radius 3 is 2.50 bits per heavy atom. The van der Waals surface area contributed by atoms with Gasteiger partial charge in [0.25, 0.3) is 0 Å². The van der Waals surface area contributed by atoms with Crippen molar-refractivity contribution in [2.75, 3.05) is 0 Å². The molecular weight excluding hydrogens is 290 g/mol. The molecule has 0 atom stereocenters. The lowest BCUT2D eigenvalue weighted by Gasteiger charge is -2.18. The minimum Gasteiger partial charge on any atom is -0.336 e. The molecule has 0 bridgehead atoms. The van der Waals surface area contributed by atoms with Gasteiger partial charge in [0.05, 0.1) is 6.54 Å². The molecule has 3 heteroatoms. The van der Waals surface area contributed by atoms with E-state index in [1.165, 1.54) is 0 Å². The highest BCUT2D eigenvalue weighted by atomic mass is 79.9. The number of fused-ring (bicyclic) bond motifs is 1. The SMILES string of the molecule is Cc1c(Br)c2ccccc2n1CC(=O)C(C)(C)C. The van der Waals surface area contributed by atoms with Crippen molar-refractivity contribution >= 4 is 32.6 Å². The number of para-hydroxylation sites is 1. The average molecular weight is 308 g/mol. The summed E-state index contributed by atoms with van der Waals surface area (Å²) in [5, 5.41) is 1.16. The predicted molar refractivity (Wildman–Crippen MR) is 78.8 cm³/mol. The molecule has 0 radical (unpaired) electrons. The van der Waals surface area contributed by atoms with E-state index in [2.05, 4.69) is 32.6 Å². The molecule has 2 rings (SSSR count).